The molecule has 0 saturated carbocycles. The van der Waals surface area contributed by atoms with E-state index < -0.39 is 5.60 Å². The lowest BCUT2D eigenvalue weighted by molar-refractivity contribution is -0.0424. The molecule has 2 N–H and O–H groups in total. The molecule has 2 heterocycles. The molecule has 1 fully saturated rings. The quantitative estimate of drug-likeness (QED) is 0.507. The lowest BCUT2D eigenvalue weighted by Gasteiger charge is -2.32. The molecular weight excluding hydrogens is 426 g/mol. The Balaban J connectivity index is 1.30. The maximum atomic E-state index is 13.2. The van der Waals surface area contributed by atoms with Crippen LogP contribution in [0.25, 0.3) is 10.8 Å². The number of aliphatic hydroxyl groups excluding tert-OH is 1. The van der Waals surface area contributed by atoms with E-state index in [1.165, 1.54) is 5.56 Å². The van der Waals surface area contributed by atoms with Crippen molar-refractivity contribution in [1.82, 2.24) is 0 Å². The standard InChI is InChI=1S/C29H33NO4/c1-18-24(34-25(16-17-31)27(18)29(2,3)33)15-12-19-10-13-21(14-11-19)30-23-9-5-7-20-6-4-8-22(26(20)23)28(30)32/h4-11,13-14,18,24-25,27,31,33H,12,15-17H2,1-3H3/t18-,24+,25-,27+/m0/s1. The monoisotopic (exact) mass is 459 g/mol. The van der Waals surface area contributed by atoms with E-state index in [2.05, 4.69) is 19.1 Å². The molecule has 0 aromatic heterocycles. The summed E-state index contributed by atoms with van der Waals surface area (Å²) in [5.74, 6) is 0.217. The largest absolute Gasteiger partial charge is 0.396 e. The van der Waals surface area contributed by atoms with Gasteiger partial charge < -0.3 is 14.9 Å². The normalized spacial score (nSPS) is 24.4. The Hall–Kier alpha value is -2.73. The van der Waals surface area contributed by atoms with Crippen LogP contribution < -0.4 is 4.90 Å². The summed E-state index contributed by atoms with van der Waals surface area (Å²) >= 11 is 0. The van der Waals surface area contributed by atoms with E-state index >= 15 is 0 Å². The molecule has 4 atom stereocenters. The van der Waals surface area contributed by atoms with Gasteiger partial charge in [0.1, 0.15) is 0 Å². The fraction of sp³-hybridized carbons (Fsp3) is 0.414. The van der Waals surface area contributed by atoms with Crippen LogP contribution in [0.5, 0.6) is 0 Å². The highest BCUT2D eigenvalue weighted by molar-refractivity contribution is 6.27. The maximum absolute atomic E-state index is 13.2. The van der Waals surface area contributed by atoms with Crippen molar-refractivity contribution >= 4 is 28.1 Å². The molecule has 1 amide bonds. The minimum atomic E-state index is -0.849. The summed E-state index contributed by atoms with van der Waals surface area (Å²) in [4.78, 5) is 15.0. The molecule has 5 heteroatoms. The third kappa shape index (κ3) is 3.92. The summed E-state index contributed by atoms with van der Waals surface area (Å²) in [6, 6.07) is 20.1. The van der Waals surface area contributed by atoms with Crippen LogP contribution in [0, 0.1) is 11.8 Å². The van der Waals surface area contributed by atoms with E-state index in [1.807, 2.05) is 62.4 Å². The van der Waals surface area contributed by atoms with Gasteiger partial charge >= 0.3 is 0 Å². The first-order chi connectivity index (χ1) is 16.3. The van der Waals surface area contributed by atoms with Gasteiger partial charge in [0.05, 0.1) is 29.1 Å². The topological polar surface area (TPSA) is 70.0 Å². The Bertz CT molecular complexity index is 1190. The summed E-state index contributed by atoms with van der Waals surface area (Å²) in [5.41, 5.74) is 2.90. The van der Waals surface area contributed by atoms with Crippen molar-refractivity contribution in [2.75, 3.05) is 11.5 Å². The summed E-state index contributed by atoms with van der Waals surface area (Å²) in [7, 11) is 0. The van der Waals surface area contributed by atoms with E-state index in [4.69, 9.17) is 4.74 Å². The number of benzene rings is 3. The fourth-order valence-electron chi connectivity index (χ4n) is 6.10. The Morgan fingerprint density at radius 1 is 0.971 bits per heavy atom. The van der Waals surface area contributed by atoms with Gasteiger partial charge in [0.15, 0.2) is 0 Å². The van der Waals surface area contributed by atoms with Crippen molar-refractivity contribution in [3.8, 4) is 0 Å². The molecule has 2 aliphatic heterocycles. The van der Waals surface area contributed by atoms with Gasteiger partial charge in [-0.1, -0.05) is 43.3 Å². The van der Waals surface area contributed by atoms with Crippen LogP contribution in [0.2, 0.25) is 0 Å². The molecule has 3 aromatic carbocycles. The maximum Gasteiger partial charge on any atom is 0.263 e. The Morgan fingerprint density at radius 2 is 1.68 bits per heavy atom. The van der Waals surface area contributed by atoms with Gasteiger partial charge in [0.25, 0.3) is 5.91 Å². The predicted octanol–water partition coefficient (Wildman–Crippen LogP) is 5.24. The van der Waals surface area contributed by atoms with E-state index in [9.17, 15) is 15.0 Å². The first-order valence-electron chi connectivity index (χ1n) is 12.2. The van der Waals surface area contributed by atoms with Gasteiger partial charge in [-0.05, 0) is 74.2 Å². The molecule has 5 nitrogen and oxygen atoms in total. The number of hydrogen-bond donors (Lipinski definition) is 2. The van der Waals surface area contributed by atoms with Gasteiger partial charge in [-0.25, -0.2) is 0 Å². The van der Waals surface area contributed by atoms with Crippen LogP contribution in [0.1, 0.15) is 49.5 Å². The number of carbonyl (C=O) groups excluding carboxylic acids is 1. The van der Waals surface area contributed by atoms with Crippen LogP contribution in [-0.2, 0) is 11.2 Å². The van der Waals surface area contributed by atoms with Crippen molar-refractivity contribution < 1.29 is 19.7 Å². The van der Waals surface area contributed by atoms with Crippen LogP contribution in [0.15, 0.2) is 60.7 Å². The molecule has 34 heavy (non-hydrogen) atoms. The molecule has 178 valence electrons. The number of rotatable bonds is 7. The lowest BCUT2D eigenvalue weighted by Crippen LogP contribution is -2.40. The zero-order valence-electron chi connectivity index (χ0n) is 20.1. The minimum absolute atomic E-state index is 0.00227. The Morgan fingerprint density at radius 3 is 2.35 bits per heavy atom. The molecule has 0 unspecified atom stereocenters. The van der Waals surface area contributed by atoms with Gasteiger partial charge in [0.2, 0.25) is 0 Å². The molecule has 0 aliphatic carbocycles. The number of anilines is 2. The number of amides is 1. The molecule has 0 spiro atoms. The molecule has 0 radical (unpaired) electrons. The molecular formula is C29H33NO4. The van der Waals surface area contributed by atoms with Crippen molar-refractivity contribution in [1.29, 1.82) is 0 Å². The first-order valence-corrected chi connectivity index (χ1v) is 12.2. The summed E-state index contributed by atoms with van der Waals surface area (Å²) in [5, 5.41) is 22.2. The van der Waals surface area contributed by atoms with Crippen LogP contribution >= 0.6 is 0 Å². The highest BCUT2D eigenvalue weighted by atomic mass is 16.5. The van der Waals surface area contributed by atoms with Gasteiger partial charge in [-0.3, -0.25) is 9.69 Å². The average molecular weight is 460 g/mol. The van der Waals surface area contributed by atoms with Crippen molar-refractivity contribution in [3.63, 3.8) is 0 Å². The van der Waals surface area contributed by atoms with Crippen LogP contribution in [0.3, 0.4) is 0 Å². The zero-order chi connectivity index (χ0) is 24.0. The Labute approximate surface area is 201 Å². The third-order valence-corrected chi connectivity index (χ3v) is 7.60. The first kappa shape index (κ1) is 23.0. The van der Waals surface area contributed by atoms with Crippen molar-refractivity contribution in [2.45, 2.75) is 57.8 Å². The average Bonchev–Trinajstić information content (AvgIpc) is 3.28. The number of ether oxygens (including phenoxy) is 1. The summed E-state index contributed by atoms with van der Waals surface area (Å²) in [6.45, 7) is 5.87. The smallest absolute Gasteiger partial charge is 0.263 e. The number of carbonyl (C=O) groups is 1. The van der Waals surface area contributed by atoms with E-state index in [0.29, 0.717) is 6.42 Å². The summed E-state index contributed by atoms with van der Waals surface area (Å²) in [6.07, 6.45) is 2.16. The number of aliphatic hydroxyl groups is 2. The van der Waals surface area contributed by atoms with Crippen LogP contribution in [-0.4, -0.2) is 40.5 Å². The number of aryl methyl sites for hydroxylation is 1. The molecule has 1 saturated heterocycles. The lowest BCUT2D eigenvalue weighted by atomic mass is 9.76. The minimum Gasteiger partial charge on any atom is -0.396 e. The number of nitrogens with zero attached hydrogens (tertiary/aromatic N) is 1. The van der Waals surface area contributed by atoms with Gasteiger partial charge in [-0.2, -0.15) is 0 Å². The highest BCUT2D eigenvalue weighted by Crippen LogP contribution is 2.43. The van der Waals surface area contributed by atoms with Crippen molar-refractivity contribution in [2.24, 2.45) is 11.8 Å². The van der Waals surface area contributed by atoms with E-state index in [1.54, 1.807) is 4.90 Å². The second kappa shape index (κ2) is 8.81. The third-order valence-electron chi connectivity index (χ3n) is 7.60. The second-order valence-corrected chi connectivity index (χ2v) is 10.3. The summed E-state index contributed by atoms with van der Waals surface area (Å²) < 4.78 is 6.29. The molecule has 3 aromatic rings. The van der Waals surface area contributed by atoms with Gasteiger partial charge in [-0.15, -0.1) is 0 Å². The molecule has 2 aliphatic rings. The Kier molecular flexibility index (Phi) is 5.96. The number of hydrogen-bond acceptors (Lipinski definition) is 4. The molecule has 5 rings (SSSR count). The predicted molar refractivity (Wildman–Crippen MR) is 134 cm³/mol. The molecule has 0 bridgehead atoms. The fourth-order valence-corrected chi connectivity index (χ4v) is 6.10. The van der Waals surface area contributed by atoms with E-state index in [0.717, 1.165) is 40.6 Å². The second-order valence-electron chi connectivity index (χ2n) is 10.3. The van der Waals surface area contributed by atoms with Gasteiger partial charge in [0, 0.05) is 23.6 Å². The van der Waals surface area contributed by atoms with Crippen LogP contribution in [0.4, 0.5) is 11.4 Å². The van der Waals surface area contributed by atoms with E-state index in [-0.39, 0.29) is 36.6 Å². The highest BCUT2D eigenvalue weighted by Gasteiger charge is 2.47. The van der Waals surface area contributed by atoms with Crippen molar-refractivity contribution in [3.05, 3.63) is 71.8 Å². The zero-order valence-corrected chi connectivity index (χ0v) is 20.1. The SMILES string of the molecule is C[C@@H]1[C@@H](C(C)(C)O)[C@H](CCO)O[C@@H]1CCc1ccc(N2C(=O)c3cccc4cccc2c34)cc1.